The lowest BCUT2D eigenvalue weighted by Crippen LogP contribution is -2.47. The highest BCUT2D eigenvalue weighted by molar-refractivity contribution is 6.05. The molecule has 0 spiro atoms. The first kappa shape index (κ1) is 25.4. The van der Waals surface area contributed by atoms with Crippen LogP contribution in [0.1, 0.15) is 40.9 Å². The number of carbonyl (C=O) groups excluding carboxylic acids is 1. The maximum atomic E-state index is 14.2. The van der Waals surface area contributed by atoms with Gasteiger partial charge < -0.3 is 15.2 Å². The third-order valence-corrected chi connectivity index (χ3v) is 5.03. The Morgan fingerprint density at radius 3 is 2.56 bits per heavy atom. The van der Waals surface area contributed by atoms with E-state index in [1.165, 1.54) is 19.2 Å². The number of aliphatic imine (C=N–C) groups is 1. The molecule has 0 saturated carbocycles. The Bertz CT molecular complexity index is 1030. The van der Waals surface area contributed by atoms with Gasteiger partial charge in [0.05, 0.1) is 18.2 Å². The van der Waals surface area contributed by atoms with Crippen LogP contribution in [0.15, 0.2) is 47.5 Å². The van der Waals surface area contributed by atoms with Crippen molar-refractivity contribution in [3.63, 3.8) is 0 Å². The first-order valence-corrected chi connectivity index (χ1v) is 10.4. The topological polar surface area (TPSA) is 107 Å². The lowest BCUT2D eigenvalue weighted by Gasteiger charge is -2.18. The second-order valence-corrected chi connectivity index (χ2v) is 7.81. The number of carbonyl (C=O) groups is 1. The third-order valence-electron chi connectivity index (χ3n) is 5.03. The molecule has 3 atom stereocenters. The average Bonchev–Trinajstić information content (AvgIpc) is 3.21. The number of guanidine groups is 1. The van der Waals surface area contributed by atoms with Gasteiger partial charge in [0.1, 0.15) is 17.7 Å². The summed E-state index contributed by atoms with van der Waals surface area (Å²) in [6.45, 7) is 2.09. The number of halogens is 4. The normalized spacial score (nSPS) is 19.6. The zero-order valence-electron chi connectivity index (χ0n) is 18.4. The minimum atomic E-state index is -4.51. The highest BCUT2D eigenvalue weighted by atomic mass is 19.4. The van der Waals surface area contributed by atoms with E-state index in [0.29, 0.717) is 18.6 Å². The Hall–Kier alpha value is -3.22. The van der Waals surface area contributed by atoms with Gasteiger partial charge in [-0.05, 0) is 37.3 Å². The van der Waals surface area contributed by atoms with Crippen LogP contribution in [0.4, 0.5) is 17.6 Å². The summed E-state index contributed by atoms with van der Waals surface area (Å²) in [5.41, 5.74) is 5.31. The molecule has 34 heavy (non-hydrogen) atoms. The number of rotatable bonds is 6. The molecular formula is C22H25F4N5O3. The van der Waals surface area contributed by atoms with Crippen molar-refractivity contribution in [2.24, 2.45) is 4.99 Å². The van der Waals surface area contributed by atoms with Crippen molar-refractivity contribution in [3.8, 4) is 5.75 Å². The summed E-state index contributed by atoms with van der Waals surface area (Å²) in [4.78, 5) is 17.1. The Kier molecular flexibility index (Phi) is 8.07. The maximum Gasteiger partial charge on any atom is 0.416 e. The first-order valence-electron chi connectivity index (χ1n) is 10.4. The SMILES string of the molecule is COC[C@H](C)NC(=NC1CC(c2ccc(O)cc2F)NN1)NC(=O)c1ccc(C(F)(F)F)cc1. The van der Waals surface area contributed by atoms with Gasteiger partial charge in [0.2, 0.25) is 0 Å². The standard InChI is InChI=1S/C22H25F4N5O3/c1-12(11-34-2)27-21(29-20(33)13-3-5-14(6-4-13)22(24,25)26)28-19-10-18(30-31-19)16-8-7-15(32)9-17(16)23/h3-9,12,18-19,30-32H,10-11H2,1-2H3,(H2,27,28,29,33)/t12-,18?,19?/m0/s1. The number of methoxy groups -OCH3 is 1. The summed E-state index contributed by atoms with van der Waals surface area (Å²) in [6, 6.07) is 6.95. The monoisotopic (exact) mass is 483 g/mol. The number of phenolic OH excluding ortho intramolecular Hbond substituents is 1. The van der Waals surface area contributed by atoms with Crippen LogP contribution in [-0.2, 0) is 10.9 Å². The number of nitrogens with zero attached hydrogens (tertiary/aromatic N) is 1. The minimum absolute atomic E-state index is 0.0171. The largest absolute Gasteiger partial charge is 0.508 e. The minimum Gasteiger partial charge on any atom is -0.508 e. The molecule has 0 bridgehead atoms. The molecule has 0 radical (unpaired) electrons. The molecule has 184 valence electrons. The number of phenols is 1. The van der Waals surface area contributed by atoms with E-state index in [4.69, 9.17) is 4.74 Å². The smallest absolute Gasteiger partial charge is 0.416 e. The van der Waals surface area contributed by atoms with E-state index in [2.05, 4.69) is 26.5 Å². The number of alkyl halides is 3. The molecule has 1 heterocycles. The first-order chi connectivity index (χ1) is 16.1. The number of hydrazine groups is 1. The molecule has 1 fully saturated rings. The molecule has 0 aliphatic carbocycles. The van der Waals surface area contributed by atoms with E-state index < -0.39 is 35.7 Å². The van der Waals surface area contributed by atoms with Crippen molar-refractivity contribution in [1.29, 1.82) is 0 Å². The highest BCUT2D eigenvalue weighted by Crippen LogP contribution is 2.29. The van der Waals surface area contributed by atoms with Gasteiger partial charge in [-0.2, -0.15) is 13.2 Å². The van der Waals surface area contributed by atoms with E-state index in [0.717, 1.165) is 30.3 Å². The van der Waals surface area contributed by atoms with Gasteiger partial charge in [0.15, 0.2) is 5.96 Å². The fraction of sp³-hybridized carbons (Fsp3) is 0.364. The zero-order valence-corrected chi connectivity index (χ0v) is 18.4. The number of nitrogens with one attached hydrogen (secondary N) is 4. The lowest BCUT2D eigenvalue weighted by molar-refractivity contribution is -0.137. The van der Waals surface area contributed by atoms with Crippen LogP contribution in [0.25, 0.3) is 0 Å². The molecule has 3 rings (SSSR count). The van der Waals surface area contributed by atoms with E-state index in [1.807, 2.05) is 0 Å². The summed E-state index contributed by atoms with van der Waals surface area (Å²) < 4.78 is 57.6. The molecule has 2 unspecified atom stereocenters. The van der Waals surface area contributed by atoms with E-state index in [-0.39, 0.29) is 23.3 Å². The van der Waals surface area contributed by atoms with Gasteiger partial charge in [0.25, 0.3) is 5.91 Å². The molecule has 2 aromatic carbocycles. The summed E-state index contributed by atoms with van der Waals surface area (Å²) >= 11 is 0. The second kappa shape index (κ2) is 10.8. The van der Waals surface area contributed by atoms with Crippen LogP contribution < -0.4 is 21.5 Å². The van der Waals surface area contributed by atoms with Gasteiger partial charge in [0, 0.05) is 36.8 Å². The summed E-state index contributed by atoms with van der Waals surface area (Å²) in [7, 11) is 1.51. The summed E-state index contributed by atoms with van der Waals surface area (Å²) in [5, 5.41) is 15.0. The molecule has 12 heteroatoms. The van der Waals surface area contributed by atoms with Crippen molar-refractivity contribution < 1.29 is 32.2 Å². The molecule has 5 N–H and O–H groups in total. The zero-order chi connectivity index (χ0) is 24.9. The number of aromatic hydroxyl groups is 1. The quantitative estimate of drug-likeness (QED) is 0.246. The van der Waals surface area contributed by atoms with Crippen molar-refractivity contribution in [2.75, 3.05) is 13.7 Å². The predicted octanol–water partition coefficient (Wildman–Crippen LogP) is 2.83. The highest BCUT2D eigenvalue weighted by Gasteiger charge is 2.30. The molecule has 2 aromatic rings. The molecular weight excluding hydrogens is 458 g/mol. The van der Waals surface area contributed by atoms with Crippen molar-refractivity contribution >= 4 is 11.9 Å². The van der Waals surface area contributed by atoms with Crippen LogP contribution in [-0.4, -0.2) is 42.9 Å². The van der Waals surface area contributed by atoms with Crippen LogP contribution in [0.5, 0.6) is 5.75 Å². The van der Waals surface area contributed by atoms with Crippen LogP contribution in [0.2, 0.25) is 0 Å². The average molecular weight is 483 g/mol. The van der Waals surface area contributed by atoms with Gasteiger partial charge in [-0.15, -0.1) is 0 Å². The Morgan fingerprint density at radius 2 is 1.94 bits per heavy atom. The van der Waals surface area contributed by atoms with Gasteiger partial charge in [-0.1, -0.05) is 6.07 Å². The second-order valence-electron chi connectivity index (χ2n) is 7.81. The Labute approximate surface area is 193 Å². The van der Waals surface area contributed by atoms with Gasteiger partial charge >= 0.3 is 6.18 Å². The fourth-order valence-electron chi connectivity index (χ4n) is 3.40. The van der Waals surface area contributed by atoms with Crippen LogP contribution >= 0.6 is 0 Å². The fourth-order valence-corrected chi connectivity index (χ4v) is 3.40. The summed E-state index contributed by atoms with van der Waals surface area (Å²) in [6.07, 6.45) is -4.75. The van der Waals surface area contributed by atoms with E-state index >= 15 is 0 Å². The van der Waals surface area contributed by atoms with Crippen molar-refractivity contribution in [2.45, 2.75) is 37.8 Å². The molecule has 0 aromatic heterocycles. The third kappa shape index (κ3) is 6.65. The van der Waals surface area contributed by atoms with E-state index in [9.17, 15) is 27.5 Å². The Morgan fingerprint density at radius 1 is 1.24 bits per heavy atom. The number of benzene rings is 2. The number of amides is 1. The lowest BCUT2D eigenvalue weighted by atomic mass is 10.0. The predicted molar refractivity (Wildman–Crippen MR) is 116 cm³/mol. The van der Waals surface area contributed by atoms with E-state index in [1.54, 1.807) is 6.92 Å². The molecule has 1 amide bonds. The summed E-state index contributed by atoms with van der Waals surface area (Å²) in [5.74, 6) is -1.35. The maximum absolute atomic E-state index is 14.2. The molecule has 1 aliphatic heterocycles. The molecule has 1 aliphatic rings. The van der Waals surface area contributed by atoms with Gasteiger partial charge in [-0.3, -0.25) is 10.1 Å². The molecule has 1 saturated heterocycles. The number of hydrogen-bond acceptors (Lipinski definition) is 6. The molecule has 8 nitrogen and oxygen atoms in total. The van der Waals surface area contributed by atoms with Gasteiger partial charge in [-0.25, -0.2) is 20.2 Å². The number of hydrogen-bond donors (Lipinski definition) is 5. The van der Waals surface area contributed by atoms with Crippen LogP contribution in [0, 0.1) is 5.82 Å². The number of ether oxygens (including phenoxy) is 1. The van der Waals surface area contributed by atoms with Crippen molar-refractivity contribution in [3.05, 3.63) is 65.0 Å². The van der Waals surface area contributed by atoms with Crippen molar-refractivity contribution in [1.82, 2.24) is 21.5 Å². The Balaban J connectivity index is 1.74. The van der Waals surface area contributed by atoms with Crippen LogP contribution in [0.3, 0.4) is 0 Å².